The lowest BCUT2D eigenvalue weighted by molar-refractivity contribution is 0.0942. The van der Waals surface area contributed by atoms with Crippen LogP contribution in [0.25, 0.3) is 16.6 Å². The van der Waals surface area contributed by atoms with Crippen LogP contribution in [-0.2, 0) is 9.84 Å². The van der Waals surface area contributed by atoms with Crippen LogP contribution >= 0.6 is 11.3 Å². The molecule has 1 atom stereocenters. The molecule has 0 unspecified atom stereocenters. The molecule has 1 amide bonds. The summed E-state index contributed by atoms with van der Waals surface area (Å²) in [6, 6.07) is 5.37. The Labute approximate surface area is 175 Å². The van der Waals surface area contributed by atoms with E-state index < -0.39 is 15.9 Å². The van der Waals surface area contributed by atoms with Crippen LogP contribution in [0.5, 0.6) is 0 Å². The first kappa shape index (κ1) is 20.1. The second-order valence-corrected chi connectivity index (χ2v) is 9.90. The highest BCUT2D eigenvalue weighted by Gasteiger charge is 2.20. The molecule has 0 fully saturated rings. The normalized spacial score (nSPS) is 12.8. The molecule has 3 heterocycles. The quantitative estimate of drug-likeness (QED) is 0.506. The predicted molar refractivity (Wildman–Crippen MR) is 110 cm³/mol. The van der Waals surface area contributed by atoms with Gasteiger partial charge in [-0.25, -0.2) is 22.5 Å². The van der Waals surface area contributed by atoms with Gasteiger partial charge in [0.25, 0.3) is 5.91 Å². The summed E-state index contributed by atoms with van der Waals surface area (Å²) >= 11 is 1.01. The lowest BCUT2D eigenvalue weighted by Gasteiger charge is -2.12. The molecule has 4 aromatic rings. The molecule has 0 aliphatic rings. The molecule has 0 saturated carbocycles. The maximum atomic E-state index is 13.2. The summed E-state index contributed by atoms with van der Waals surface area (Å²) in [4.78, 5) is 21.5. The number of amides is 1. The monoisotopic (exact) mass is 445 g/mol. The SMILES string of the molecule is C[C@H](NC(=O)c1cncc2c1cnn2-c1ccc(F)cc1)c1cnc(S(C)(=O)=O)s1. The number of pyridine rings is 1. The number of nitrogens with zero attached hydrogens (tertiary/aromatic N) is 4. The Bertz CT molecular complexity index is 1350. The van der Waals surface area contributed by atoms with E-state index in [0.29, 0.717) is 27.0 Å². The van der Waals surface area contributed by atoms with E-state index in [1.807, 2.05) is 0 Å². The van der Waals surface area contributed by atoms with Crippen LogP contribution in [0.3, 0.4) is 0 Å². The molecule has 0 aliphatic heterocycles. The Balaban J connectivity index is 1.62. The fourth-order valence-corrected chi connectivity index (χ4v) is 4.68. The van der Waals surface area contributed by atoms with Crippen LogP contribution in [0.2, 0.25) is 0 Å². The van der Waals surface area contributed by atoms with E-state index in [0.717, 1.165) is 17.6 Å². The number of nitrogens with one attached hydrogen (secondary N) is 1. The predicted octanol–water partition coefficient (Wildman–Crippen LogP) is 2.91. The second-order valence-electron chi connectivity index (χ2n) is 6.65. The maximum Gasteiger partial charge on any atom is 0.254 e. The summed E-state index contributed by atoms with van der Waals surface area (Å²) in [5.41, 5.74) is 1.55. The van der Waals surface area contributed by atoms with Crippen molar-refractivity contribution in [1.29, 1.82) is 0 Å². The van der Waals surface area contributed by atoms with Crippen LogP contribution in [0.1, 0.15) is 28.2 Å². The van der Waals surface area contributed by atoms with Gasteiger partial charge >= 0.3 is 0 Å². The number of thiazole rings is 1. The van der Waals surface area contributed by atoms with E-state index in [1.54, 1.807) is 36.1 Å². The van der Waals surface area contributed by atoms with E-state index in [2.05, 4.69) is 20.4 Å². The van der Waals surface area contributed by atoms with Crippen molar-refractivity contribution >= 4 is 38.0 Å². The van der Waals surface area contributed by atoms with Gasteiger partial charge in [-0.3, -0.25) is 9.78 Å². The summed E-state index contributed by atoms with van der Waals surface area (Å²) < 4.78 is 38.0. The molecule has 1 aromatic carbocycles. The van der Waals surface area contributed by atoms with Crippen LogP contribution in [0.15, 0.2) is 53.4 Å². The molecule has 0 aliphatic carbocycles. The summed E-state index contributed by atoms with van der Waals surface area (Å²) in [5.74, 6) is -0.738. The van der Waals surface area contributed by atoms with Gasteiger partial charge < -0.3 is 5.32 Å². The highest BCUT2D eigenvalue weighted by molar-refractivity contribution is 7.92. The van der Waals surface area contributed by atoms with Crippen molar-refractivity contribution < 1.29 is 17.6 Å². The number of carbonyl (C=O) groups excluding carboxylic acids is 1. The molecule has 154 valence electrons. The maximum absolute atomic E-state index is 13.2. The topological polar surface area (TPSA) is 107 Å². The van der Waals surface area contributed by atoms with Gasteiger partial charge in [-0.1, -0.05) is 0 Å². The molecule has 11 heteroatoms. The van der Waals surface area contributed by atoms with Crippen molar-refractivity contribution in [2.45, 2.75) is 17.3 Å². The van der Waals surface area contributed by atoms with Crippen LogP contribution in [0, 0.1) is 5.82 Å². The standard InChI is InChI=1S/C19H16FN5O3S2/c1-11(17-10-22-19(29-17)30(2,27)28)24-18(26)15-7-21-9-16-14(15)8-23-25(16)13-5-3-12(20)4-6-13/h3-11H,1-2H3,(H,24,26)/t11-/m0/s1. The Morgan fingerprint density at radius 1 is 1.17 bits per heavy atom. The number of fused-ring (bicyclic) bond motifs is 1. The van der Waals surface area contributed by atoms with Crippen LogP contribution in [-0.4, -0.2) is 40.3 Å². The first-order valence-corrected chi connectivity index (χ1v) is 11.5. The number of sulfone groups is 1. The zero-order valence-corrected chi connectivity index (χ0v) is 17.5. The molecule has 0 saturated heterocycles. The zero-order valence-electron chi connectivity index (χ0n) is 15.9. The number of hydrogen-bond acceptors (Lipinski definition) is 7. The Morgan fingerprint density at radius 3 is 2.57 bits per heavy atom. The van der Waals surface area contributed by atoms with E-state index in [1.165, 1.54) is 24.5 Å². The third-order valence-corrected chi connectivity index (χ3v) is 7.28. The summed E-state index contributed by atoms with van der Waals surface area (Å²) in [6.07, 6.45) is 7.10. The third-order valence-electron chi connectivity index (χ3n) is 4.41. The number of benzene rings is 1. The van der Waals surface area contributed by atoms with Crippen LogP contribution in [0.4, 0.5) is 4.39 Å². The first-order valence-electron chi connectivity index (χ1n) is 8.78. The van der Waals surface area contributed by atoms with Crippen molar-refractivity contribution in [3.8, 4) is 5.69 Å². The minimum absolute atomic E-state index is 0.00272. The summed E-state index contributed by atoms with van der Waals surface area (Å²) in [5, 5.41) is 7.72. The average Bonchev–Trinajstić information content (AvgIpc) is 3.36. The van der Waals surface area contributed by atoms with Crippen molar-refractivity contribution in [1.82, 2.24) is 25.1 Å². The molecule has 0 bridgehead atoms. The van der Waals surface area contributed by atoms with Gasteiger partial charge in [-0.15, -0.1) is 11.3 Å². The molecule has 1 N–H and O–H groups in total. The molecule has 0 spiro atoms. The van der Waals surface area contributed by atoms with Crippen molar-refractivity contribution in [3.63, 3.8) is 0 Å². The van der Waals surface area contributed by atoms with Crippen molar-refractivity contribution in [2.75, 3.05) is 6.26 Å². The number of aromatic nitrogens is 4. The van der Waals surface area contributed by atoms with E-state index in [9.17, 15) is 17.6 Å². The molecular weight excluding hydrogens is 429 g/mol. The molecule has 0 radical (unpaired) electrons. The minimum Gasteiger partial charge on any atom is -0.345 e. The van der Waals surface area contributed by atoms with Gasteiger partial charge in [0.2, 0.25) is 14.2 Å². The lowest BCUT2D eigenvalue weighted by Crippen LogP contribution is -2.26. The summed E-state index contributed by atoms with van der Waals surface area (Å²) in [7, 11) is -3.40. The van der Waals surface area contributed by atoms with E-state index >= 15 is 0 Å². The van der Waals surface area contributed by atoms with Gasteiger partial charge in [0.05, 0.1) is 35.2 Å². The Kier molecular flexibility index (Phi) is 5.08. The number of rotatable bonds is 5. The largest absolute Gasteiger partial charge is 0.345 e. The fourth-order valence-electron chi connectivity index (χ4n) is 2.90. The molecule has 30 heavy (non-hydrogen) atoms. The minimum atomic E-state index is -3.40. The lowest BCUT2D eigenvalue weighted by atomic mass is 10.1. The molecule has 3 aromatic heterocycles. The van der Waals surface area contributed by atoms with Gasteiger partial charge in [0, 0.05) is 28.9 Å². The van der Waals surface area contributed by atoms with Crippen LogP contribution < -0.4 is 5.32 Å². The molecular formula is C19H16FN5O3S2. The van der Waals surface area contributed by atoms with Gasteiger partial charge in [-0.2, -0.15) is 5.10 Å². The van der Waals surface area contributed by atoms with E-state index in [-0.39, 0.29) is 16.1 Å². The van der Waals surface area contributed by atoms with E-state index in [4.69, 9.17) is 0 Å². The van der Waals surface area contributed by atoms with Gasteiger partial charge in [0.1, 0.15) is 5.82 Å². The zero-order chi connectivity index (χ0) is 21.5. The molecule has 4 rings (SSSR count). The number of halogens is 1. The fraction of sp³-hybridized carbons (Fsp3) is 0.158. The third kappa shape index (κ3) is 3.81. The second kappa shape index (κ2) is 7.58. The number of carbonyl (C=O) groups is 1. The van der Waals surface area contributed by atoms with Gasteiger partial charge in [0.15, 0.2) is 0 Å². The number of hydrogen-bond donors (Lipinski definition) is 1. The highest BCUT2D eigenvalue weighted by Crippen LogP contribution is 2.25. The smallest absolute Gasteiger partial charge is 0.254 e. The average molecular weight is 446 g/mol. The van der Waals surface area contributed by atoms with Gasteiger partial charge in [-0.05, 0) is 31.2 Å². The Hall–Kier alpha value is -3.18. The van der Waals surface area contributed by atoms with Crippen molar-refractivity contribution in [2.24, 2.45) is 0 Å². The molecule has 8 nitrogen and oxygen atoms in total. The van der Waals surface area contributed by atoms with Crippen molar-refractivity contribution in [3.05, 3.63) is 65.3 Å². The Morgan fingerprint density at radius 2 is 1.90 bits per heavy atom. The first-order chi connectivity index (χ1) is 14.2. The highest BCUT2D eigenvalue weighted by atomic mass is 32.2. The summed E-state index contributed by atoms with van der Waals surface area (Å²) in [6.45, 7) is 1.74.